The summed E-state index contributed by atoms with van der Waals surface area (Å²) in [6.45, 7) is 2.64. The summed E-state index contributed by atoms with van der Waals surface area (Å²) in [5.41, 5.74) is 0.801. The number of sulfone groups is 1. The molecule has 3 aromatic rings. The van der Waals surface area contributed by atoms with Crippen LogP contribution in [-0.4, -0.2) is 19.6 Å². The van der Waals surface area contributed by atoms with Gasteiger partial charge in [0, 0.05) is 12.4 Å². The highest BCUT2D eigenvalue weighted by Crippen LogP contribution is 2.32. The monoisotopic (exact) mass is 329 g/mol. The van der Waals surface area contributed by atoms with E-state index in [1.807, 2.05) is 25.1 Å². The van der Waals surface area contributed by atoms with Gasteiger partial charge in [-0.25, -0.2) is 8.42 Å². The number of rotatable bonds is 5. The van der Waals surface area contributed by atoms with Gasteiger partial charge in [-0.05, 0) is 30.7 Å². The van der Waals surface area contributed by atoms with Crippen molar-refractivity contribution in [3.63, 3.8) is 0 Å². The summed E-state index contributed by atoms with van der Waals surface area (Å²) in [6, 6.07) is 15.8. The van der Waals surface area contributed by atoms with E-state index in [1.165, 1.54) is 0 Å². The van der Waals surface area contributed by atoms with Crippen LogP contribution >= 0.6 is 0 Å². The van der Waals surface area contributed by atoms with E-state index in [4.69, 9.17) is 4.74 Å². The molecule has 1 heterocycles. The van der Waals surface area contributed by atoms with Crippen molar-refractivity contribution >= 4 is 20.7 Å². The number of nitrogens with zero attached hydrogens (tertiary/aromatic N) is 1. The van der Waals surface area contributed by atoms with Crippen LogP contribution in [-0.2, 0) is 16.9 Å². The fourth-order valence-corrected chi connectivity index (χ4v) is 4.15. The fraction of sp³-hybridized carbons (Fsp3) is 0.222. The maximum atomic E-state index is 12.9. The largest absolute Gasteiger partial charge is 0.491 e. The Labute approximate surface area is 136 Å². The fourth-order valence-electron chi connectivity index (χ4n) is 2.66. The lowest BCUT2D eigenvalue weighted by Crippen LogP contribution is -2.07. The Balaban J connectivity index is 2.18. The first-order chi connectivity index (χ1) is 11.1. The Morgan fingerprint density at radius 2 is 1.78 bits per heavy atom. The topological polar surface area (TPSA) is 48.3 Å². The number of aryl methyl sites for hydroxylation is 1. The van der Waals surface area contributed by atoms with Crippen molar-refractivity contribution in [2.45, 2.75) is 23.3 Å². The second-order valence-electron chi connectivity index (χ2n) is 5.40. The number of para-hydroxylation sites is 1. The first-order valence-electron chi connectivity index (χ1n) is 7.57. The molecule has 0 spiro atoms. The molecule has 5 heteroatoms. The maximum Gasteiger partial charge on any atom is 0.222 e. The number of hydrogen-bond donors (Lipinski definition) is 0. The first kappa shape index (κ1) is 15.6. The molecular weight excluding hydrogens is 310 g/mol. The molecule has 0 radical (unpaired) electrons. The number of aromatic nitrogens is 1. The van der Waals surface area contributed by atoms with Crippen molar-refractivity contribution in [3.8, 4) is 5.75 Å². The zero-order valence-electron chi connectivity index (χ0n) is 13.2. The summed E-state index contributed by atoms with van der Waals surface area (Å²) in [6.07, 6.45) is 0.899. The van der Waals surface area contributed by atoms with Crippen LogP contribution < -0.4 is 4.74 Å². The summed E-state index contributed by atoms with van der Waals surface area (Å²) in [4.78, 5) is 0.293. The van der Waals surface area contributed by atoms with Crippen LogP contribution in [0.4, 0.5) is 0 Å². The summed E-state index contributed by atoms with van der Waals surface area (Å²) in [5.74, 6) is 0.710. The van der Waals surface area contributed by atoms with E-state index in [1.54, 1.807) is 48.0 Å². The van der Waals surface area contributed by atoms with Gasteiger partial charge in [-0.3, -0.25) is 0 Å². The van der Waals surface area contributed by atoms with Gasteiger partial charge in [0.1, 0.15) is 10.8 Å². The summed E-state index contributed by atoms with van der Waals surface area (Å²) < 4.78 is 33.2. The third-order valence-electron chi connectivity index (χ3n) is 3.77. The maximum absolute atomic E-state index is 12.9. The number of fused-ring (bicyclic) bond motifs is 1. The lowest BCUT2D eigenvalue weighted by atomic mass is 10.2. The normalized spacial score (nSPS) is 11.7. The van der Waals surface area contributed by atoms with E-state index in [2.05, 4.69) is 0 Å². The van der Waals surface area contributed by atoms with Gasteiger partial charge in [0.15, 0.2) is 0 Å². The van der Waals surface area contributed by atoms with Gasteiger partial charge < -0.3 is 9.30 Å². The highest BCUT2D eigenvalue weighted by atomic mass is 32.2. The Morgan fingerprint density at radius 1 is 1.04 bits per heavy atom. The molecule has 0 saturated heterocycles. The smallest absolute Gasteiger partial charge is 0.222 e. The second kappa shape index (κ2) is 6.08. The lowest BCUT2D eigenvalue weighted by Gasteiger charge is -2.10. The van der Waals surface area contributed by atoms with Crippen molar-refractivity contribution in [1.82, 2.24) is 4.57 Å². The molecule has 0 aliphatic heterocycles. The Hall–Kier alpha value is -2.27. The van der Waals surface area contributed by atoms with Crippen LogP contribution in [0.1, 0.15) is 13.3 Å². The zero-order valence-corrected chi connectivity index (χ0v) is 14.0. The molecule has 0 N–H and O–H groups in total. The minimum atomic E-state index is -3.56. The average molecular weight is 329 g/mol. The molecule has 0 fully saturated rings. The van der Waals surface area contributed by atoms with Crippen LogP contribution in [0.2, 0.25) is 0 Å². The quantitative estimate of drug-likeness (QED) is 0.715. The van der Waals surface area contributed by atoms with Gasteiger partial charge in [-0.2, -0.15) is 0 Å². The number of hydrogen-bond acceptors (Lipinski definition) is 3. The minimum absolute atomic E-state index is 0.270. The predicted octanol–water partition coefficient (Wildman–Crippen LogP) is 3.80. The summed E-state index contributed by atoms with van der Waals surface area (Å²) in [5, 5.41) is 1.13. The molecule has 2 aromatic carbocycles. The van der Waals surface area contributed by atoms with Crippen LogP contribution in [0.3, 0.4) is 0 Å². The second-order valence-corrected chi connectivity index (χ2v) is 7.30. The van der Waals surface area contributed by atoms with Crippen molar-refractivity contribution in [1.29, 1.82) is 0 Å². The summed E-state index contributed by atoms with van der Waals surface area (Å²) >= 11 is 0. The molecule has 120 valence electrons. The predicted molar refractivity (Wildman–Crippen MR) is 90.6 cm³/mol. The molecular formula is C18H19NO3S. The van der Waals surface area contributed by atoms with Crippen LogP contribution in [0.15, 0.2) is 64.5 Å². The SMILES string of the molecule is CCCOc1cccc2cc(S(=O)(=O)c3ccccc3)n(C)c12. The molecule has 0 unspecified atom stereocenters. The van der Waals surface area contributed by atoms with E-state index >= 15 is 0 Å². The van der Waals surface area contributed by atoms with Crippen molar-refractivity contribution < 1.29 is 13.2 Å². The van der Waals surface area contributed by atoms with Gasteiger partial charge in [-0.1, -0.05) is 37.3 Å². The number of ether oxygens (including phenoxy) is 1. The third kappa shape index (κ3) is 2.72. The first-order valence-corrected chi connectivity index (χ1v) is 9.05. The Bertz CT molecular complexity index is 928. The van der Waals surface area contributed by atoms with Crippen molar-refractivity contribution in [3.05, 3.63) is 54.6 Å². The zero-order chi connectivity index (χ0) is 16.4. The highest BCUT2D eigenvalue weighted by molar-refractivity contribution is 7.91. The van der Waals surface area contributed by atoms with Crippen LogP contribution in [0.25, 0.3) is 10.9 Å². The molecule has 1 aromatic heterocycles. The van der Waals surface area contributed by atoms with Gasteiger partial charge in [0.2, 0.25) is 9.84 Å². The molecule has 0 bridgehead atoms. The molecule has 23 heavy (non-hydrogen) atoms. The average Bonchev–Trinajstić information content (AvgIpc) is 2.92. The highest BCUT2D eigenvalue weighted by Gasteiger charge is 2.23. The van der Waals surface area contributed by atoms with Gasteiger partial charge >= 0.3 is 0 Å². The van der Waals surface area contributed by atoms with Crippen molar-refractivity contribution in [2.75, 3.05) is 6.61 Å². The summed E-state index contributed by atoms with van der Waals surface area (Å²) in [7, 11) is -1.80. The molecule has 0 aliphatic rings. The van der Waals surface area contributed by atoms with Gasteiger partial charge in [0.05, 0.1) is 17.0 Å². The molecule has 3 rings (SSSR count). The molecule has 0 saturated carbocycles. The standard InChI is InChI=1S/C18H19NO3S/c1-3-12-22-16-11-7-8-14-13-17(19(2)18(14)16)23(20,21)15-9-5-4-6-10-15/h4-11,13H,3,12H2,1-2H3. The lowest BCUT2D eigenvalue weighted by molar-refractivity contribution is 0.320. The Kier molecular flexibility index (Phi) is 4.13. The van der Waals surface area contributed by atoms with E-state index < -0.39 is 9.84 Å². The van der Waals surface area contributed by atoms with E-state index in [0.717, 1.165) is 17.3 Å². The molecule has 0 amide bonds. The molecule has 0 atom stereocenters. The number of benzene rings is 2. The van der Waals surface area contributed by atoms with Crippen molar-refractivity contribution in [2.24, 2.45) is 7.05 Å². The Morgan fingerprint density at radius 3 is 2.48 bits per heavy atom. The van der Waals surface area contributed by atoms with E-state index in [-0.39, 0.29) is 5.03 Å². The third-order valence-corrected chi connectivity index (χ3v) is 5.60. The van der Waals surface area contributed by atoms with E-state index in [9.17, 15) is 8.42 Å². The van der Waals surface area contributed by atoms with Crippen LogP contribution in [0.5, 0.6) is 5.75 Å². The molecule has 0 aliphatic carbocycles. The molecule has 4 nitrogen and oxygen atoms in total. The van der Waals surface area contributed by atoms with E-state index in [0.29, 0.717) is 17.3 Å². The minimum Gasteiger partial charge on any atom is -0.491 e. The van der Waals surface area contributed by atoms with Gasteiger partial charge in [0.25, 0.3) is 0 Å². The van der Waals surface area contributed by atoms with Crippen LogP contribution in [0, 0.1) is 0 Å². The van der Waals surface area contributed by atoms with Gasteiger partial charge in [-0.15, -0.1) is 0 Å².